The predicted octanol–water partition coefficient (Wildman–Crippen LogP) is -2.52. The van der Waals surface area contributed by atoms with Crippen LogP contribution in [0.3, 0.4) is 0 Å². The number of allylic oxidation sites excluding steroid dienone is 4. The quantitative estimate of drug-likeness (QED) is 0.0995. The molecule has 16 nitrogen and oxygen atoms in total. The van der Waals surface area contributed by atoms with Crippen molar-refractivity contribution in [2.45, 2.75) is 146 Å². The van der Waals surface area contributed by atoms with E-state index in [1.807, 2.05) is 26.0 Å². The highest BCUT2D eigenvalue weighted by Crippen LogP contribution is 2.43. The van der Waals surface area contributed by atoms with Gasteiger partial charge < -0.3 is 79.5 Å². The zero-order valence-corrected chi connectivity index (χ0v) is 28.4. The summed E-state index contributed by atoms with van der Waals surface area (Å²) < 4.78 is 33.8. The summed E-state index contributed by atoms with van der Waals surface area (Å²) in [7, 11) is 0. The fourth-order valence-electron chi connectivity index (χ4n) is 6.70. The van der Waals surface area contributed by atoms with Crippen LogP contribution >= 0.6 is 0 Å². The van der Waals surface area contributed by atoms with E-state index in [1.54, 1.807) is 6.08 Å². The Labute approximate surface area is 285 Å². The molecule has 3 saturated heterocycles. The maximum atomic E-state index is 10.5. The largest absolute Gasteiger partial charge is 0.394 e. The minimum Gasteiger partial charge on any atom is -0.394 e. The predicted molar refractivity (Wildman–Crippen MR) is 168 cm³/mol. The van der Waals surface area contributed by atoms with Crippen molar-refractivity contribution in [3.63, 3.8) is 0 Å². The van der Waals surface area contributed by atoms with Gasteiger partial charge in [-0.1, -0.05) is 43.2 Å². The van der Waals surface area contributed by atoms with E-state index < -0.39 is 105 Å². The molecule has 16 heteroatoms. The molecule has 0 aromatic heterocycles. The topological polar surface area (TPSA) is 258 Å². The lowest BCUT2D eigenvalue weighted by atomic mass is 9.71. The second kappa shape index (κ2) is 16.9. The van der Waals surface area contributed by atoms with E-state index in [0.717, 1.165) is 16.7 Å². The van der Waals surface area contributed by atoms with Gasteiger partial charge in [0, 0.05) is 0 Å². The molecule has 49 heavy (non-hydrogen) atoms. The Morgan fingerprint density at radius 3 is 1.92 bits per heavy atom. The van der Waals surface area contributed by atoms with Crippen LogP contribution in [0.15, 0.2) is 34.9 Å². The first-order valence-electron chi connectivity index (χ1n) is 16.6. The third-order valence-electron chi connectivity index (χ3n) is 9.72. The maximum absolute atomic E-state index is 10.5. The number of aliphatic hydroxyl groups is 10. The van der Waals surface area contributed by atoms with Crippen molar-refractivity contribution in [2.75, 3.05) is 19.8 Å². The molecule has 0 amide bonds. The van der Waals surface area contributed by atoms with E-state index in [0.29, 0.717) is 12.8 Å². The molecular weight excluding hydrogens is 652 g/mol. The maximum Gasteiger partial charge on any atom is 0.187 e. The SMILES string of the molecule is CC1=C(/C=C/C(C)=C/CO[C@@H]2O[C@H](CO[C@@H]3O[C@@H](C)[C@H](O)[C@@H](O)[C@H]3O)[C@@H](O)[C@H](O)[C@H]2O)C(C)(C)C[C@H](O[C@@H]2O[C@H](CO)[C@@H](O)[C@H](O)[C@H]2O)C1. The molecule has 282 valence electrons. The molecule has 0 aromatic rings. The van der Waals surface area contributed by atoms with Gasteiger partial charge in [0.1, 0.15) is 67.1 Å². The van der Waals surface area contributed by atoms with Gasteiger partial charge in [0.15, 0.2) is 18.9 Å². The standard InChI is InChI=1S/C33H54O16/c1-14(6-7-18-15(2)10-17(11-33(18,4)5)47-32-29(43)25(39)22(36)19(12-34)48-32)8-9-44-30-28(42)26(40)23(37)20(49-30)13-45-31-27(41)24(38)21(35)16(3)46-31/h6-8,16-17,19-32,34-43H,9-13H2,1-5H3/b7-6+,14-8+/t16-,17+,19+,20+,21-,22+,23+,24+,25-,26-,27+,28+,29+,30+,31+,32+/m0/s1. The fourth-order valence-corrected chi connectivity index (χ4v) is 6.70. The van der Waals surface area contributed by atoms with Crippen LogP contribution in [0, 0.1) is 5.41 Å². The van der Waals surface area contributed by atoms with Gasteiger partial charge in [-0.2, -0.15) is 0 Å². The van der Waals surface area contributed by atoms with Crippen molar-refractivity contribution in [1.29, 1.82) is 0 Å². The van der Waals surface area contributed by atoms with Crippen molar-refractivity contribution in [2.24, 2.45) is 5.41 Å². The lowest BCUT2D eigenvalue weighted by Gasteiger charge is -2.43. The summed E-state index contributed by atoms with van der Waals surface area (Å²) in [5, 5.41) is 101. The lowest BCUT2D eigenvalue weighted by Crippen LogP contribution is -2.61. The van der Waals surface area contributed by atoms with Gasteiger partial charge in [0.25, 0.3) is 0 Å². The summed E-state index contributed by atoms with van der Waals surface area (Å²) in [6, 6.07) is 0. The molecule has 4 aliphatic rings. The van der Waals surface area contributed by atoms with E-state index in [2.05, 4.69) is 13.8 Å². The Bertz CT molecular complexity index is 1170. The third-order valence-corrected chi connectivity index (χ3v) is 9.72. The second-order valence-corrected chi connectivity index (χ2v) is 14.1. The van der Waals surface area contributed by atoms with Crippen molar-refractivity contribution < 1.29 is 79.5 Å². The van der Waals surface area contributed by atoms with Crippen LogP contribution in [0.25, 0.3) is 0 Å². The molecule has 1 aliphatic carbocycles. The van der Waals surface area contributed by atoms with Crippen LogP contribution in [-0.4, -0.2) is 169 Å². The van der Waals surface area contributed by atoms with Crippen LogP contribution in [0.2, 0.25) is 0 Å². The molecule has 3 aliphatic heterocycles. The smallest absolute Gasteiger partial charge is 0.187 e. The number of hydrogen-bond acceptors (Lipinski definition) is 16. The molecule has 0 saturated carbocycles. The normalized spacial score (nSPS) is 45.2. The molecule has 3 heterocycles. The second-order valence-electron chi connectivity index (χ2n) is 14.1. The van der Waals surface area contributed by atoms with Gasteiger partial charge in [-0.05, 0) is 44.6 Å². The van der Waals surface area contributed by atoms with E-state index in [9.17, 15) is 51.1 Å². The summed E-state index contributed by atoms with van der Waals surface area (Å²) in [5.41, 5.74) is 2.58. The zero-order valence-electron chi connectivity index (χ0n) is 28.4. The van der Waals surface area contributed by atoms with E-state index in [4.69, 9.17) is 28.4 Å². The van der Waals surface area contributed by atoms with Crippen LogP contribution in [0.4, 0.5) is 0 Å². The van der Waals surface area contributed by atoms with Gasteiger partial charge in [-0.25, -0.2) is 0 Å². The van der Waals surface area contributed by atoms with Crippen molar-refractivity contribution in [1.82, 2.24) is 0 Å². The molecular formula is C33H54O16. The van der Waals surface area contributed by atoms with Crippen molar-refractivity contribution in [3.05, 3.63) is 34.9 Å². The summed E-state index contributed by atoms with van der Waals surface area (Å²) in [6.07, 6.45) is -14.2. The molecule has 3 fully saturated rings. The summed E-state index contributed by atoms with van der Waals surface area (Å²) in [5.74, 6) is 0. The number of ether oxygens (including phenoxy) is 6. The van der Waals surface area contributed by atoms with Gasteiger partial charge in [0.05, 0.1) is 32.0 Å². The average molecular weight is 707 g/mol. The first-order chi connectivity index (χ1) is 23.0. The Hall–Kier alpha value is -1.42. The molecule has 0 aromatic carbocycles. The average Bonchev–Trinajstić information content (AvgIpc) is 3.04. The summed E-state index contributed by atoms with van der Waals surface area (Å²) in [6.45, 7) is 8.48. The Morgan fingerprint density at radius 2 is 1.31 bits per heavy atom. The number of rotatable bonds is 11. The van der Waals surface area contributed by atoms with E-state index in [1.165, 1.54) is 6.92 Å². The number of hydrogen-bond donors (Lipinski definition) is 10. The lowest BCUT2D eigenvalue weighted by molar-refractivity contribution is -0.326. The van der Waals surface area contributed by atoms with Crippen LogP contribution in [0.1, 0.15) is 47.5 Å². The Balaban J connectivity index is 1.31. The molecule has 4 rings (SSSR count). The van der Waals surface area contributed by atoms with Gasteiger partial charge >= 0.3 is 0 Å². The number of aliphatic hydroxyl groups excluding tert-OH is 10. The van der Waals surface area contributed by atoms with Crippen LogP contribution in [-0.2, 0) is 28.4 Å². The highest BCUT2D eigenvalue weighted by molar-refractivity contribution is 5.36. The molecule has 16 atom stereocenters. The summed E-state index contributed by atoms with van der Waals surface area (Å²) >= 11 is 0. The van der Waals surface area contributed by atoms with E-state index in [-0.39, 0.29) is 18.1 Å². The molecule has 0 radical (unpaired) electrons. The van der Waals surface area contributed by atoms with E-state index >= 15 is 0 Å². The van der Waals surface area contributed by atoms with Crippen molar-refractivity contribution >= 4 is 0 Å². The Kier molecular flexibility index (Phi) is 14.0. The monoisotopic (exact) mass is 706 g/mol. The molecule has 10 N–H and O–H groups in total. The minimum absolute atomic E-state index is 0.0171. The van der Waals surface area contributed by atoms with Crippen LogP contribution < -0.4 is 0 Å². The van der Waals surface area contributed by atoms with Gasteiger partial charge in [-0.3, -0.25) is 0 Å². The zero-order chi connectivity index (χ0) is 36.4. The molecule has 0 spiro atoms. The third kappa shape index (κ3) is 9.34. The van der Waals surface area contributed by atoms with Crippen molar-refractivity contribution in [3.8, 4) is 0 Å². The molecule has 0 bridgehead atoms. The fraction of sp³-hybridized carbons (Fsp3) is 0.818. The van der Waals surface area contributed by atoms with Crippen LogP contribution in [0.5, 0.6) is 0 Å². The minimum atomic E-state index is -1.63. The Morgan fingerprint density at radius 1 is 0.755 bits per heavy atom. The van der Waals surface area contributed by atoms with Gasteiger partial charge in [0.2, 0.25) is 0 Å². The highest BCUT2D eigenvalue weighted by atomic mass is 16.7. The first kappa shape index (κ1) is 40.4. The molecule has 0 unspecified atom stereocenters. The highest BCUT2D eigenvalue weighted by Gasteiger charge is 2.48. The summed E-state index contributed by atoms with van der Waals surface area (Å²) in [4.78, 5) is 0. The first-order valence-corrected chi connectivity index (χ1v) is 16.6. The van der Waals surface area contributed by atoms with Gasteiger partial charge in [-0.15, -0.1) is 0 Å².